The number of phenols is 1. The summed E-state index contributed by atoms with van der Waals surface area (Å²) < 4.78 is 0. The Kier molecular flexibility index (Phi) is 2.18. The molecule has 0 spiro atoms. The number of aromatic hydroxyl groups is 1. The topological polar surface area (TPSA) is 74.0 Å². The second kappa shape index (κ2) is 3.90. The van der Waals surface area contributed by atoms with E-state index in [1.54, 1.807) is 18.2 Å². The van der Waals surface area contributed by atoms with Crippen LogP contribution in [0.1, 0.15) is 12.0 Å². The SMILES string of the molecule is O=C(NCc1cccc(O)c1)C1=NN=C2C1=CC1=C2C1. The van der Waals surface area contributed by atoms with Crippen molar-refractivity contribution in [2.24, 2.45) is 10.2 Å². The first-order valence-corrected chi connectivity index (χ1v) is 6.39. The van der Waals surface area contributed by atoms with Crippen molar-refractivity contribution in [3.8, 4) is 5.75 Å². The molecule has 0 atom stereocenters. The molecule has 5 nitrogen and oxygen atoms in total. The number of nitrogens with one attached hydrogen (secondary N) is 1. The summed E-state index contributed by atoms with van der Waals surface area (Å²) in [5.74, 6) is -0.0483. The zero-order valence-electron chi connectivity index (χ0n) is 10.6. The molecule has 0 fully saturated rings. The van der Waals surface area contributed by atoms with E-state index in [0.29, 0.717) is 12.3 Å². The third kappa shape index (κ3) is 1.67. The van der Waals surface area contributed by atoms with Gasteiger partial charge >= 0.3 is 0 Å². The number of carbonyl (C=O) groups excluding carboxylic acids is 1. The van der Waals surface area contributed by atoms with E-state index in [4.69, 9.17) is 0 Å². The molecule has 20 heavy (non-hydrogen) atoms. The molecule has 0 unspecified atom stereocenters. The third-order valence-electron chi connectivity index (χ3n) is 3.57. The monoisotopic (exact) mass is 265 g/mol. The minimum absolute atomic E-state index is 0.187. The number of amides is 1. The fraction of sp³-hybridized carbons (Fsp3) is 0.133. The zero-order valence-corrected chi connectivity index (χ0v) is 10.6. The summed E-state index contributed by atoms with van der Waals surface area (Å²) in [5.41, 5.74) is 5.42. The van der Waals surface area contributed by atoms with Crippen molar-refractivity contribution in [2.75, 3.05) is 0 Å². The summed E-state index contributed by atoms with van der Waals surface area (Å²) in [4.78, 5) is 12.1. The Morgan fingerprint density at radius 1 is 1.35 bits per heavy atom. The molecule has 5 heteroatoms. The molecule has 1 heterocycles. The smallest absolute Gasteiger partial charge is 0.272 e. The molecule has 0 aromatic heterocycles. The molecule has 1 aromatic carbocycles. The lowest BCUT2D eigenvalue weighted by Gasteiger charge is -2.06. The van der Waals surface area contributed by atoms with Gasteiger partial charge in [0, 0.05) is 18.5 Å². The highest BCUT2D eigenvalue weighted by Crippen LogP contribution is 2.43. The van der Waals surface area contributed by atoms with Crippen LogP contribution in [0.15, 0.2) is 57.3 Å². The van der Waals surface area contributed by atoms with Crippen LogP contribution in [0.2, 0.25) is 0 Å². The van der Waals surface area contributed by atoms with Crippen molar-refractivity contribution in [1.29, 1.82) is 0 Å². The van der Waals surface area contributed by atoms with E-state index in [2.05, 4.69) is 15.5 Å². The molecule has 1 aromatic rings. The van der Waals surface area contributed by atoms with Gasteiger partial charge in [0.15, 0.2) is 5.71 Å². The average molecular weight is 265 g/mol. The Morgan fingerprint density at radius 3 is 3.10 bits per heavy atom. The summed E-state index contributed by atoms with van der Waals surface area (Å²) >= 11 is 0. The van der Waals surface area contributed by atoms with Gasteiger partial charge in [-0.1, -0.05) is 12.1 Å². The van der Waals surface area contributed by atoms with E-state index >= 15 is 0 Å². The van der Waals surface area contributed by atoms with Crippen molar-refractivity contribution in [3.63, 3.8) is 0 Å². The first-order chi connectivity index (χ1) is 9.72. The van der Waals surface area contributed by atoms with E-state index in [-0.39, 0.29) is 11.7 Å². The van der Waals surface area contributed by atoms with Gasteiger partial charge in [0.05, 0.1) is 5.71 Å². The van der Waals surface area contributed by atoms with Crippen molar-refractivity contribution in [3.05, 3.63) is 52.6 Å². The molecular weight excluding hydrogens is 254 g/mol. The maximum absolute atomic E-state index is 12.1. The van der Waals surface area contributed by atoms with E-state index in [9.17, 15) is 9.90 Å². The molecule has 0 radical (unpaired) electrons. The standard InChI is InChI=1S/C15H11N3O2/c19-10-3-1-2-8(4-10)7-16-15(20)14-12-6-9-5-11(9)13(12)17-18-14/h1-4,6,19H,5,7H2,(H,16,20). The second-order valence-corrected chi connectivity index (χ2v) is 4.99. The molecule has 4 rings (SSSR count). The van der Waals surface area contributed by atoms with Gasteiger partial charge in [-0.25, -0.2) is 0 Å². The van der Waals surface area contributed by atoms with Crippen LogP contribution in [0.3, 0.4) is 0 Å². The van der Waals surface area contributed by atoms with Crippen LogP contribution in [0.5, 0.6) is 5.75 Å². The number of allylic oxidation sites excluding steroid dienone is 3. The molecular formula is C15H11N3O2. The maximum atomic E-state index is 12.1. The highest BCUT2D eigenvalue weighted by Gasteiger charge is 2.39. The Hall–Kier alpha value is -2.69. The predicted molar refractivity (Wildman–Crippen MR) is 74.5 cm³/mol. The zero-order chi connectivity index (χ0) is 13.7. The quantitative estimate of drug-likeness (QED) is 0.868. The fourth-order valence-corrected chi connectivity index (χ4v) is 2.47. The van der Waals surface area contributed by atoms with Crippen LogP contribution in [0, 0.1) is 0 Å². The lowest BCUT2D eigenvalue weighted by Crippen LogP contribution is -2.31. The minimum atomic E-state index is -0.235. The summed E-state index contributed by atoms with van der Waals surface area (Å²) in [6.45, 7) is 0.349. The number of hydrogen-bond acceptors (Lipinski definition) is 4. The van der Waals surface area contributed by atoms with Crippen molar-refractivity contribution >= 4 is 17.3 Å². The molecule has 2 aliphatic carbocycles. The second-order valence-electron chi connectivity index (χ2n) is 4.99. The Balaban J connectivity index is 1.44. The molecule has 1 amide bonds. The van der Waals surface area contributed by atoms with Gasteiger partial charge in [0.25, 0.3) is 5.91 Å². The largest absolute Gasteiger partial charge is 0.508 e. The van der Waals surface area contributed by atoms with E-state index in [1.807, 2.05) is 12.1 Å². The summed E-state index contributed by atoms with van der Waals surface area (Å²) in [6, 6.07) is 6.80. The number of nitrogens with zero attached hydrogens (tertiary/aromatic N) is 2. The number of fused-ring (bicyclic) bond motifs is 2. The van der Waals surface area contributed by atoms with Crippen molar-refractivity contribution < 1.29 is 9.90 Å². The highest BCUT2D eigenvalue weighted by atomic mass is 16.3. The molecule has 0 saturated heterocycles. The number of carbonyl (C=O) groups is 1. The lowest BCUT2D eigenvalue weighted by molar-refractivity contribution is -0.114. The number of hydrogen-bond donors (Lipinski definition) is 2. The van der Waals surface area contributed by atoms with E-state index < -0.39 is 0 Å². The Labute approximate surface area is 115 Å². The average Bonchev–Trinajstić information content (AvgIpc) is 2.92. The minimum Gasteiger partial charge on any atom is -0.508 e. The van der Waals surface area contributed by atoms with Crippen LogP contribution in [-0.4, -0.2) is 22.4 Å². The first kappa shape index (κ1) is 11.2. The third-order valence-corrected chi connectivity index (χ3v) is 3.57. The maximum Gasteiger partial charge on any atom is 0.272 e. The molecule has 98 valence electrons. The number of benzene rings is 1. The van der Waals surface area contributed by atoms with Crippen molar-refractivity contribution in [1.82, 2.24) is 5.32 Å². The van der Waals surface area contributed by atoms with Crippen LogP contribution < -0.4 is 5.32 Å². The normalized spacial score (nSPS) is 18.1. The fourth-order valence-electron chi connectivity index (χ4n) is 2.47. The van der Waals surface area contributed by atoms with Gasteiger partial charge in [-0.15, -0.1) is 10.2 Å². The van der Waals surface area contributed by atoms with Gasteiger partial charge in [-0.2, -0.15) is 0 Å². The molecule has 1 aliphatic heterocycles. The summed E-state index contributed by atoms with van der Waals surface area (Å²) in [6.07, 6.45) is 2.98. The molecule has 3 aliphatic rings. The summed E-state index contributed by atoms with van der Waals surface area (Å²) in [7, 11) is 0. The number of rotatable bonds is 3. The van der Waals surface area contributed by atoms with Gasteiger partial charge < -0.3 is 10.4 Å². The molecule has 0 bridgehead atoms. The molecule has 2 N–H and O–H groups in total. The summed E-state index contributed by atoms with van der Waals surface area (Å²) in [5, 5.41) is 20.2. The first-order valence-electron chi connectivity index (χ1n) is 6.39. The predicted octanol–water partition coefficient (Wildman–Crippen LogP) is 1.46. The van der Waals surface area contributed by atoms with Gasteiger partial charge in [0.1, 0.15) is 5.75 Å². The van der Waals surface area contributed by atoms with Gasteiger partial charge in [0.2, 0.25) is 0 Å². The van der Waals surface area contributed by atoms with Gasteiger partial charge in [-0.3, -0.25) is 4.79 Å². The van der Waals surface area contributed by atoms with Crippen molar-refractivity contribution in [2.45, 2.75) is 13.0 Å². The van der Waals surface area contributed by atoms with E-state index in [1.165, 1.54) is 11.1 Å². The molecule has 0 saturated carbocycles. The van der Waals surface area contributed by atoms with Crippen LogP contribution in [0.25, 0.3) is 0 Å². The number of phenolic OH excluding ortho intramolecular Hbond substituents is 1. The van der Waals surface area contributed by atoms with Gasteiger partial charge in [-0.05, 0) is 34.9 Å². The van der Waals surface area contributed by atoms with Crippen LogP contribution >= 0.6 is 0 Å². The lowest BCUT2D eigenvalue weighted by atomic mass is 10.0. The highest BCUT2D eigenvalue weighted by molar-refractivity contribution is 6.56. The van der Waals surface area contributed by atoms with Crippen LogP contribution in [0.4, 0.5) is 0 Å². The Morgan fingerprint density at radius 2 is 2.25 bits per heavy atom. The van der Waals surface area contributed by atoms with Crippen LogP contribution in [-0.2, 0) is 11.3 Å². The Bertz CT molecular complexity index is 769. The van der Waals surface area contributed by atoms with E-state index in [0.717, 1.165) is 23.3 Å².